The van der Waals surface area contributed by atoms with Crippen LogP contribution in [0.15, 0.2) is 4.99 Å². The summed E-state index contributed by atoms with van der Waals surface area (Å²) < 4.78 is 30.1. The Morgan fingerprint density at radius 3 is 2.48 bits per heavy atom. The van der Waals surface area contributed by atoms with Crippen molar-refractivity contribution in [3.05, 3.63) is 0 Å². The summed E-state index contributed by atoms with van der Waals surface area (Å²) in [6, 6.07) is 0. The summed E-state index contributed by atoms with van der Waals surface area (Å²) in [4.78, 5) is 4.79. The van der Waals surface area contributed by atoms with Gasteiger partial charge >= 0.3 is 0 Å². The third kappa shape index (κ3) is 10.0. The largest absolute Gasteiger partial charge is 0.382 e. The maximum atomic E-state index is 11.0. The van der Waals surface area contributed by atoms with Crippen molar-refractivity contribution in [2.45, 2.75) is 52.4 Å². The van der Waals surface area contributed by atoms with Gasteiger partial charge in [0.1, 0.15) is 0 Å². The number of hydrogen-bond acceptors (Lipinski definition) is 4. The minimum absolute atomic E-state index is 0.273. The lowest BCUT2D eigenvalue weighted by molar-refractivity contribution is 0.107. The molecule has 0 atom stereocenters. The Morgan fingerprint density at radius 2 is 1.88 bits per heavy atom. The molecule has 0 spiro atoms. The quantitative estimate of drug-likeness (QED) is 0.272. The van der Waals surface area contributed by atoms with Gasteiger partial charge in [-0.1, -0.05) is 12.8 Å². The summed E-state index contributed by atoms with van der Waals surface area (Å²) in [6.45, 7) is 8.40. The second-order valence-corrected chi connectivity index (χ2v) is 8.63. The normalized spacial score (nSPS) is 17.6. The second-order valence-electron chi connectivity index (χ2n) is 6.80. The molecule has 0 heterocycles. The molecule has 1 aliphatic carbocycles. The van der Waals surface area contributed by atoms with Gasteiger partial charge in [-0.25, -0.2) is 13.1 Å². The van der Waals surface area contributed by atoms with Gasteiger partial charge in [0.05, 0.1) is 6.26 Å². The van der Waals surface area contributed by atoms with Crippen molar-refractivity contribution in [3.63, 3.8) is 0 Å². The molecule has 0 bridgehead atoms. The molecule has 1 rings (SSSR count). The lowest BCUT2D eigenvalue weighted by Gasteiger charge is -2.27. The first-order valence-electron chi connectivity index (χ1n) is 9.45. The number of sulfonamides is 1. The zero-order chi connectivity index (χ0) is 18.6. The van der Waals surface area contributed by atoms with Gasteiger partial charge in [-0.3, -0.25) is 4.99 Å². The number of nitrogens with one attached hydrogen (secondary N) is 3. The molecule has 0 saturated heterocycles. The third-order valence-electron chi connectivity index (χ3n) is 4.57. The maximum Gasteiger partial charge on any atom is 0.208 e. The van der Waals surface area contributed by atoms with Crippen LogP contribution < -0.4 is 15.4 Å². The molecule has 1 saturated carbocycles. The van der Waals surface area contributed by atoms with E-state index in [1.165, 1.54) is 31.9 Å². The molecule has 0 aliphatic heterocycles. The summed E-state index contributed by atoms with van der Waals surface area (Å²) in [5.74, 6) is 0.810. The topological polar surface area (TPSA) is 91.8 Å². The molecule has 0 aromatic rings. The van der Waals surface area contributed by atoms with E-state index in [1.807, 2.05) is 13.8 Å². The van der Waals surface area contributed by atoms with Gasteiger partial charge < -0.3 is 15.4 Å². The summed E-state index contributed by atoms with van der Waals surface area (Å²) >= 11 is 0. The van der Waals surface area contributed by atoms with Crippen molar-refractivity contribution < 1.29 is 13.2 Å². The van der Waals surface area contributed by atoms with Crippen molar-refractivity contribution in [2.75, 3.05) is 45.6 Å². The Hall–Kier alpha value is -0.860. The number of ether oxygens (including phenoxy) is 1. The molecule has 7 nitrogen and oxygen atoms in total. The zero-order valence-electron chi connectivity index (χ0n) is 16.1. The van der Waals surface area contributed by atoms with Crippen LogP contribution >= 0.6 is 0 Å². The van der Waals surface area contributed by atoms with Gasteiger partial charge in [-0.15, -0.1) is 0 Å². The molecular formula is C17H36N4O3S. The Bertz CT molecular complexity index is 488. The van der Waals surface area contributed by atoms with Gasteiger partial charge in [-0.05, 0) is 44.9 Å². The highest BCUT2D eigenvalue weighted by Crippen LogP contribution is 2.41. The molecule has 25 heavy (non-hydrogen) atoms. The Balaban J connectivity index is 2.46. The van der Waals surface area contributed by atoms with Crippen molar-refractivity contribution in [1.82, 2.24) is 15.4 Å². The molecule has 3 N–H and O–H groups in total. The average molecular weight is 377 g/mol. The summed E-state index contributed by atoms with van der Waals surface area (Å²) in [6.07, 6.45) is 7.97. The van der Waals surface area contributed by atoms with Crippen LogP contribution in [0.5, 0.6) is 0 Å². The SMILES string of the molecule is CCNC(=NCC1(CCOCC)CCCC1)NCCCNS(C)(=O)=O. The minimum atomic E-state index is -3.11. The van der Waals surface area contributed by atoms with Gasteiger partial charge in [-0.2, -0.15) is 0 Å². The molecule has 0 radical (unpaired) electrons. The molecule has 148 valence electrons. The fraction of sp³-hybridized carbons (Fsp3) is 0.941. The number of rotatable bonds is 12. The van der Waals surface area contributed by atoms with Crippen molar-refractivity contribution in [1.29, 1.82) is 0 Å². The van der Waals surface area contributed by atoms with E-state index in [2.05, 4.69) is 15.4 Å². The van der Waals surface area contributed by atoms with Crippen molar-refractivity contribution >= 4 is 16.0 Å². The summed E-state index contributed by atoms with van der Waals surface area (Å²) in [7, 11) is -3.11. The van der Waals surface area contributed by atoms with E-state index in [9.17, 15) is 8.42 Å². The van der Waals surface area contributed by atoms with E-state index >= 15 is 0 Å². The van der Waals surface area contributed by atoms with E-state index < -0.39 is 10.0 Å². The highest BCUT2D eigenvalue weighted by molar-refractivity contribution is 7.88. The second kappa shape index (κ2) is 11.7. The first kappa shape index (κ1) is 22.2. The number of aliphatic imine (C=N–C) groups is 1. The smallest absolute Gasteiger partial charge is 0.208 e. The highest BCUT2D eigenvalue weighted by Gasteiger charge is 2.33. The van der Waals surface area contributed by atoms with E-state index in [-0.39, 0.29) is 5.41 Å². The van der Waals surface area contributed by atoms with Crippen LogP contribution in [0.3, 0.4) is 0 Å². The van der Waals surface area contributed by atoms with Crippen LogP contribution in [0.4, 0.5) is 0 Å². The average Bonchev–Trinajstić information content (AvgIpc) is 3.00. The zero-order valence-corrected chi connectivity index (χ0v) is 16.9. The van der Waals surface area contributed by atoms with Gasteiger partial charge in [0.15, 0.2) is 5.96 Å². The first-order valence-corrected chi connectivity index (χ1v) is 11.3. The molecular weight excluding hydrogens is 340 g/mol. The van der Waals surface area contributed by atoms with Crippen molar-refractivity contribution in [3.8, 4) is 0 Å². The lowest BCUT2D eigenvalue weighted by atomic mass is 9.83. The van der Waals surface area contributed by atoms with Crippen LogP contribution in [0.25, 0.3) is 0 Å². The number of nitrogens with zero attached hydrogens (tertiary/aromatic N) is 1. The summed E-state index contributed by atoms with van der Waals surface area (Å²) in [5.41, 5.74) is 0.273. The molecule has 0 aromatic heterocycles. The van der Waals surface area contributed by atoms with Crippen LogP contribution in [-0.4, -0.2) is 60.0 Å². The van der Waals surface area contributed by atoms with Crippen LogP contribution in [0.2, 0.25) is 0 Å². The Morgan fingerprint density at radius 1 is 1.16 bits per heavy atom. The van der Waals surface area contributed by atoms with Crippen molar-refractivity contribution in [2.24, 2.45) is 10.4 Å². The Labute approximate surface area is 153 Å². The molecule has 0 aromatic carbocycles. The van der Waals surface area contributed by atoms with E-state index in [4.69, 9.17) is 9.73 Å². The van der Waals surface area contributed by atoms with Gasteiger partial charge in [0.2, 0.25) is 10.0 Å². The maximum absolute atomic E-state index is 11.0. The molecule has 1 fully saturated rings. The molecule has 0 amide bonds. The van der Waals surface area contributed by atoms with Gasteiger partial charge in [0.25, 0.3) is 0 Å². The highest BCUT2D eigenvalue weighted by atomic mass is 32.2. The monoisotopic (exact) mass is 376 g/mol. The lowest BCUT2D eigenvalue weighted by Crippen LogP contribution is -2.39. The predicted molar refractivity (Wildman–Crippen MR) is 103 cm³/mol. The standard InChI is InChI=1S/C17H36N4O3S/c1-4-18-16(19-12-8-13-21-25(3,22)23)20-15-17(9-6-7-10-17)11-14-24-5-2/h21H,4-15H2,1-3H3,(H2,18,19,20). The molecule has 1 aliphatic rings. The number of hydrogen-bond donors (Lipinski definition) is 3. The number of guanidine groups is 1. The van der Waals surface area contributed by atoms with E-state index in [1.54, 1.807) is 0 Å². The first-order chi connectivity index (χ1) is 11.9. The van der Waals surface area contributed by atoms with E-state index in [0.717, 1.165) is 38.7 Å². The van der Waals surface area contributed by atoms with Gasteiger partial charge in [0, 0.05) is 39.4 Å². The Kier molecular flexibility index (Phi) is 10.4. The van der Waals surface area contributed by atoms with E-state index in [0.29, 0.717) is 19.5 Å². The fourth-order valence-corrected chi connectivity index (χ4v) is 3.70. The van der Waals surface area contributed by atoms with Crippen LogP contribution in [-0.2, 0) is 14.8 Å². The predicted octanol–water partition coefficient (Wildman–Crippen LogP) is 1.47. The minimum Gasteiger partial charge on any atom is -0.382 e. The van der Waals surface area contributed by atoms with Crippen LogP contribution in [0.1, 0.15) is 52.4 Å². The third-order valence-corrected chi connectivity index (χ3v) is 5.30. The molecule has 0 unspecified atom stereocenters. The fourth-order valence-electron chi connectivity index (χ4n) is 3.19. The molecule has 8 heteroatoms. The summed E-state index contributed by atoms with van der Waals surface area (Å²) in [5, 5.41) is 6.56. The van der Waals surface area contributed by atoms with Crippen LogP contribution in [0, 0.1) is 5.41 Å².